The van der Waals surface area contributed by atoms with Gasteiger partial charge >= 0.3 is 0 Å². The Balaban J connectivity index is 2.01. The molecule has 0 radical (unpaired) electrons. The predicted octanol–water partition coefficient (Wildman–Crippen LogP) is 4.74. The lowest BCUT2D eigenvalue weighted by atomic mass is 10.0. The molecule has 1 aromatic heterocycles. The van der Waals surface area contributed by atoms with E-state index in [-0.39, 0.29) is 5.78 Å². The van der Waals surface area contributed by atoms with Gasteiger partial charge in [0.15, 0.2) is 0 Å². The molecule has 1 aliphatic rings. The lowest BCUT2D eigenvalue weighted by molar-refractivity contribution is 0.104. The molecule has 1 aromatic carbocycles. The summed E-state index contributed by atoms with van der Waals surface area (Å²) in [6.45, 7) is 3.88. The Bertz CT molecular complexity index is 648. The third kappa shape index (κ3) is 2.24. The van der Waals surface area contributed by atoms with Crippen LogP contribution in [0.5, 0.6) is 0 Å². The van der Waals surface area contributed by atoms with Crippen LogP contribution in [0.25, 0.3) is 0 Å². The van der Waals surface area contributed by atoms with Gasteiger partial charge in [-0.15, -0.1) is 11.3 Å². The smallest absolute Gasteiger partial charge is 0.203 e. The molecule has 1 nitrogen and oxygen atoms in total. The topological polar surface area (TPSA) is 17.1 Å². The zero-order valence-electron chi connectivity index (χ0n) is 11.0. The first-order chi connectivity index (χ1) is 9.06. The lowest BCUT2D eigenvalue weighted by Gasteiger charge is -2.07. The highest BCUT2D eigenvalue weighted by Crippen LogP contribution is 2.32. The summed E-state index contributed by atoms with van der Waals surface area (Å²) in [4.78, 5) is 14.9. The van der Waals surface area contributed by atoms with Crippen molar-refractivity contribution in [1.29, 1.82) is 0 Å². The second kappa shape index (κ2) is 4.77. The number of hydrogen-bond donors (Lipinski definition) is 0. The van der Waals surface area contributed by atoms with Gasteiger partial charge in [-0.2, -0.15) is 0 Å². The molecule has 3 heteroatoms. The van der Waals surface area contributed by atoms with Gasteiger partial charge < -0.3 is 0 Å². The Kier molecular flexibility index (Phi) is 3.23. The molecule has 0 N–H and O–H groups in total. The van der Waals surface area contributed by atoms with Crippen molar-refractivity contribution in [1.82, 2.24) is 0 Å². The van der Waals surface area contributed by atoms with Crippen LogP contribution in [0.4, 0.5) is 0 Å². The number of carbonyl (C=O) groups is 1. The third-order valence-corrected chi connectivity index (χ3v) is 5.36. The maximum absolute atomic E-state index is 12.6. The van der Waals surface area contributed by atoms with E-state index in [4.69, 9.17) is 11.6 Å². The van der Waals surface area contributed by atoms with Gasteiger partial charge in [0.1, 0.15) is 0 Å². The quantitative estimate of drug-likeness (QED) is 0.730. The molecule has 1 aliphatic carbocycles. The van der Waals surface area contributed by atoms with E-state index < -0.39 is 0 Å². The molecule has 98 valence electrons. The van der Waals surface area contributed by atoms with E-state index in [1.165, 1.54) is 16.9 Å². The minimum absolute atomic E-state index is 0.136. The van der Waals surface area contributed by atoms with E-state index in [1.807, 2.05) is 26.0 Å². The highest BCUT2D eigenvalue weighted by molar-refractivity contribution is 7.14. The molecule has 0 fully saturated rings. The Morgan fingerprint density at radius 1 is 1.16 bits per heavy atom. The molecule has 0 unspecified atom stereocenters. The Morgan fingerprint density at radius 3 is 2.68 bits per heavy atom. The van der Waals surface area contributed by atoms with Crippen molar-refractivity contribution >= 4 is 28.7 Å². The van der Waals surface area contributed by atoms with Crippen LogP contribution in [0, 0.1) is 13.8 Å². The average molecular weight is 291 g/mol. The number of hydrogen-bond acceptors (Lipinski definition) is 2. The first kappa shape index (κ1) is 12.9. The minimum atomic E-state index is 0.136. The minimum Gasteiger partial charge on any atom is -0.288 e. The van der Waals surface area contributed by atoms with Gasteiger partial charge in [0.2, 0.25) is 5.78 Å². The van der Waals surface area contributed by atoms with E-state index in [9.17, 15) is 4.79 Å². The summed E-state index contributed by atoms with van der Waals surface area (Å²) in [5.74, 6) is 0.136. The highest BCUT2D eigenvalue weighted by Gasteiger charge is 2.20. The summed E-state index contributed by atoms with van der Waals surface area (Å²) < 4.78 is 0. The molecule has 19 heavy (non-hydrogen) atoms. The van der Waals surface area contributed by atoms with Crippen molar-refractivity contribution in [3.8, 4) is 0 Å². The van der Waals surface area contributed by atoms with Gasteiger partial charge in [0.05, 0.1) is 4.88 Å². The van der Waals surface area contributed by atoms with Crippen molar-refractivity contribution in [2.45, 2.75) is 33.1 Å². The molecule has 0 bridgehead atoms. The molecule has 0 amide bonds. The Labute approximate surface area is 122 Å². The number of halogens is 1. The standard InChI is InChI=1S/C16H15ClOS/c1-9-7-13(17)10(2)6-12(9)16(18)15-8-11-4-3-5-14(11)19-15/h6-8H,3-5H2,1-2H3. The molecule has 0 saturated carbocycles. The van der Waals surface area contributed by atoms with Crippen molar-refractivity contribution in [2.24, 2.45) is 0 Å². The van der Waals surface area contributed by atoms with Gasteiger partial charge in [0, 0.05) is 15.5 Å². The van der Waals surface area contributed by atoms with Crippen LogP contribution in [0.2, 0.25) is 5.02 Å². The lowest BCUT2D eigenvalue weighted by Crippen LogP contribution is -2.02. The SMILES string of the molecule is Cc1cc(C(=O)c2cc3c(s2)CCC3)c(C)cc1Cl. The second-order valence-electron chi connectivity index (χ2n) is 5.16. The van der Waals surface area contributed by atoms with Crippen LogP contribution in [0.1, 0.15) is 43.2 Å². The number of benzene rings is 1. The molecule has 3 rings (SSSR count). The van der Waals surface area contributed by atoms with E-state index in [0.717, 1.165) is 39.4 Å². The van der Waals surface area contributed by atoms with Crippen LogP contribution < -0.4 is 0 Å². The first-order valence-electron chi connectivity index (χ1n) is 6.49. The molecule has 1 heterocycles. The second-order valence-corrected chi connectivity index (χ2v) is 6.70. The van der Waals surface area contributed by atoms with E-state index >= 15 is 0 Å². The first-order valence-corrected chi connectivity index (χ1v) is 7.68. The van der Waals surface area contributed by atoms with Crippen LogP contribution in [-0.4, -0.2) is 5.78 Å². The third-order valence-electron chi connectivity index (χ3n) is 3.72. The fourth-order valence-electron chi connectivity index (χ4n) is 2.60. The molecule has 2 aromatic rings. The van der Waals surface area contributed by atoms with Crippen LogP contribution in [-0.2, 0) is 12.8 Å². The van der Waals surface area contributed by atoms with Crippen molar-refractivity contribution in [3.05, 3.63) is 55.2 Å². The predicted molar refractivity (Wildman–Crippen MR) is 80.7 cm³/mol. The van der Waals surface area contributed by atoms with E-state index in [2.05, 4.69) is 6.07 Å². The van der Waals surface area contributed by atoms with E-state index in [1.54, 1.807) is 11.3 Å². The number of carbonyl (C=O) groups excluding carboxylic acids is 1. The molecule has 0 aliphatic heterocycles. The average Bonchev–Trinajstić information content (AvgIpc) is 2.93. The van der Waals surface area contributed by atoms with Crippen molar-refractivity contribution in [2.75, 3.05) is 0 Å². The number of thiophene rings is 1. The van der Waals surface area contributed by atoms with Crippen LogP contribution >= 0.6 is 22.9 Å². The van der Waals surface area contributed by atoms with Crippen molar-refractivity contribution < 1.29 is 4.79 Å². The summed E-state index contributed by atoms with van der Waals surface area (Å²) in [5, 5.41) is 0.725. The number of ketones is 1. The Hall–Kier alpha value is -1.12. The number of rotatable bonds is 2. The van der Waals surface area contributed by atoms with Gasteiger partial charge in [0.25, 0.3) is 0 Å². The maximum atomic E-state index is 12.6. The normalized spacial score (nSPS) is 13.6. The summed E-state index contributed by atoms with van der Waals surface area (Å²) in [6, 6.07) is 5.87. The zero-order chi connectivity index (χ0) is 13.6. The van der Waals surface area contributed by atoms with E-state index in [0.29, 0.717) is 0 Å². The molecule has 0 saturated heterocycles. The maximum Gasteiger partial charge on any atom is 0.203 e. The van der Waals surface area contributed by atoms with Crippen LogP contribution in [0.15, 0.2) is 18.2 Å². The summed E-state index contributed by atoms with van der Waals surface area (Å²) in [6.07, 6.45) is 3.48. The fourth-order valence-corrected chi connectivity index (χ4v) is 4.03. The Morgan fingerprint density at radius 2 is 1.95 bits per heavy atom. The molecular formula is C16H15ClOS. The monoisotopic (exact) mass is 290 g/mol. The molecule has 0 atom stereocenters. The van der Waals surface area contributed by atoms with Gasteiger partial charge in [-0.1, -0.05) is 11.6 Å². The fraction of sp³-hybridized carbons (Fsp3) is 0.312. The largest absolute Gasteiger partial charge is 0.288 e. The van der Waals surface area contributed by atoms with Gasteiger partial charge in [-0.05, 0) is 68.0 Å². The molecular weight excluding hydrogens is 276 g/mol. The summed E-state index contributed by atoms with van der Waals surface area (Å²) in [5.41, 5.74) is 4.06. The van der Waals surface area contributed by atoms with Gasteiger partial charge in [-0.3, -0.25) is 4.79 Å². The van der Waals surface area contributed by atoms with Crippen molar-refractivity contribution in [3.63, 3.8) is 0 Å². The van der Waals surface area contributed by atoms with Crippen LogP contribution in [0.3, 0.4) is 0 Å². The summed E-state index contributed by atoms with van der Waals surface area (Å²) >= 11 is 7.75. The highest BCUT2D eigenvalue weighted by atomic mass is 35.5. The number of aryl methyl sites for hydroxylation is 4. The summed E-state index contributed by atoms with van der Waals surface area (Å²) in [7, 11) is 0. The van der Waals surface area contributed by atoms with Gasteiger partial charge in [-0.25, -0.2) is 0 Å². The zero-order valence-corrected chi connectivity index (χ0v) is 12.6. The molecule has 0 spiro atoms. The number of fused-ring (bicyclic) bond motifs is 1.